The molecule has 1 N–H and O–H groups in total. The van der Waals surface area contributed by atoms with E-state index >= 15 is 0 Å². The lowest BCUT2D eigenvalue weighted by Gasteiger charge is -2.54. The highest BCUT2D eigenvalue weighted by Crippen LogP contribution is 2.48. The van der Waals surface area contributed by atoms with Crippen molar-refractivity contribution in [2.75, 3.05) is 37.6 Å². The molecular formula is C32H36FN7O2. The van der Waals surface area contributed by atoms with Crippen molar-refractivity contribution in [2.45, 2.75) is 56.9 Å². The first-order valence-electron chi connectivity index (χ1n) is 15.4. The van der Waals surface area contributed by atoms with Crippen molar-refractivity contribution in [3.8, 4) is 22.8 Å². The molecule has 3 aromatic rings. The highest BCUT2D eigenvalue weighted by atomic mass is 19.1. The lowest BCUT2D eigenvalue weighted by Crippen LogP contribution is -2.62. The molecule has 1 amide bonds. The highest BCUT2D eigenvalue weighted by molar-refractivity contribution is 5.83. The number of nitrogens with zero attached hydrogens (tertiary/aromatic N) is 6. The Bertz CT molecular complexity index is 1500. The first-order chi connectivity index (χ1) is 20.6. The number of anilines is 1. The lowest BCUT2D eigenvalue weighted by atomic mass is 9.72. The van der Waals surface area contributed by atoms with Crippen LogP contribution in [0.4, 0.5) is 10.2 Å². The third kappa shape index (κ3) is 4.60. The first kappa shape index (κ1) is 26.0. The van der Waals surface area contributed by atoms with Crippen molar-refractivity contribution in [1.82, 2.24) is 30.4 Å². The Morgan fingerprint density at radius 2 is 1.90 bits per heavy atom. The van der Waals surface area contributed by atoms with Crippen LogP contribution < -0.4 is 15.0 Å². The number of nitrogens with one attached hydrogen (secondary N) is 1. The summed E-state index contributed by atoms with van der Waals surface area (Å²) in [5.41, 5.74) is 2.67. The maximum absolute atomic E-state index is 14.5. The summed E-state index contributed by atoms with van der Waals surface area (Å²) >= 11 is 0. The summed E-state index contributed by atoms with van der Waals surface area (Å²) in [7, 11) is 0. The third-order valence-corrected chi connectivity index (χ3v) is 10.3. The number of aromatic nitrogens is 4. The fourth-order valence-electron chi connectivity index (χ4n) is 7.86. The fraction of sp³-hybridized carbons (Fsp3) is 0.531. The van der Waals surface area contributed by atoms with Crippen molar-refractivity contribution in [3.63, 3.8) is 0 Å². The van der Waals surface area contributed by atoms with Gasteiger partial charge in [0.2, 0.25) is 5.91 Å². The molecule has 0 unspecified atom stereocenters. The number of rotatable bonds is 6. The number of hydrogen-bond acceptors (Lipinski definition) is 8. The molecule has 5 heterocycles. The summed E-state index contributed by atoms with van der Waals surface area (Å²) in [6.07, 6.45) is 11.1. The molecule has 2 aliphatic carbocycles. The molecule has 218 valence electrons. The number of carbonyl (C=O) groups is 1. The van der Waals surface area contributed by atoms with Gasteiger partial charge in [-0.3, -0.25) is 9.78 Å². The average Bonchev–Trinajstić information content (AvgIpc) is 3.61. The molecule has 1 aromatic carbocycles. The van der Waals surface area contributed by atoms with Gasteiger partial charge >= 0.3 is 0 Å². The Morgan fingerprint density at radius 3 is 2.74 bits per heavy atom. The van der Waals surface area contributed by atoms with Gasteiger partial charge in [-0.2, -0.15) is 0 Å². The number of carbonyl (C=O) groups excluding carboxylic acids is 1. The van der Waals surface area contributed by atoms with Gasteiger partial charge in [0.1, 0.15) is 17.9 Å². The van der Waals surface area contributed by atoms with E-state index in [0.29, 0.717) is 46.7 Å². The van der Waals surface area contributed by atoms with Gasteiger partial charge in [-0.15, -0.1) is 10.2 Å². The topological polar surface area (TPSA) is 96.4 Å². The molecule has 2 aromatic heterocycles. The Kier molecular flexibility index (Phi) is 6.35. The van der Waals surface area contributed by atoms with Crippen molar-refractivity contribution in [3.05, 3.63) is 54.4 Å². The van der Waals surface area contributed by atoms with Crippen molar-refractivity contribution < 1.29 is 13.9 Å². The number of benzene rings is 1. The van der Waals surface area contributed by atoms with Gasteiger partial charge in [-0.25, -0.2) is 9.37 Å². The zero-order valence-electron chi connectivity index (χ0n) is 23.7. The van der Waals surface area contributed by atoms with E-state index in [0.717, 1.165) is 69.7 Å². The monoisotopic (exact) mass is 569 g/mol. The maximum Gasteiger partial charge on any atom is 0.282 e. The Morgan fingerprint density at radius 1 is 1.05 bits per heavy atom. The predicted molar refractivity (Wildman–Crippen MR) is 155 cm³/mol. The zero-order chi connectivity index (χ0) is 28.3. The van der Waals surface area contributed by atoms with Crippen LogP contribution in [0.5, 0.6) is 11.6 Å². The molecule has 10 heteroatoms. The highest BCUT2D eigenvalue weighted by Gasteiger charge is 2.49. The van der Waals surface area contributed by atoms with Crippen LogP contribution in [0.3, 0.4) is 0 Å². The van der Waals surface area contributed by atoms with E-state index < -0.39 is 0 Å². The molecule has 8 rings (SSSR count). The van der Waals surface area contributed by atoms with Crippen molar-refractivity contribution in [1.29, 1.82) is 0 Å². The fourth-order valence-corrected chi connectivity index (χ4v) is 7.86. The van der Waals surface area contributed by atoms with E-state index in [2.05, 4.69) is 35.3 Å². The molecule has 3 saturated heterocycles. The van der Waals surface area contributed by atoms with Crippen LogP contribution in [0.15, 0.2) is 42.9 Å². The molecule has 5 fully saturated rings. The average molecular weight is 570 g/mol. The van der Waals surface area contributed by atoms with Gasteiger partial charge in [-0.05, 0) is 81.2 Å². The SMILES string of the molecule is O=C([C@H]1NC[C@@H]2CCC[C@@H]21)N1CCC2(CC1)CN(c1ncnnc1Oc1ccc(F)cc1-c1cccnc1C1CC1)C2. The van der Waals surface area contributed by atoms with Crippen LogP contribution >= 0.6 is 0 Å². The quantitative estimate of drug-likeness (QED) is 0.462. The van der Waals surface area contributed by atoms with Crippen molar-refractivity contribution in [2.24, 2.45) is 17.3 Å². The summed E-state index contributed by atoms with van der Waals surface area (Å²) < 4.78 is 20.8. The minimum atomic E-state index is -0.332. The molecular weight excluding hydrogens is 533 g/mol. The first-order valence-corrected chi connectivity index (χ1v) is 15.4. The number of fused-ring (bicyclic) bond motifs is 1. The molecule has 0 bridgehead atoms. The molecule has 1 spiro atoms. The Balaban J connectivity index is 0.961. The lowest BCUT2D eigenvalue weighted by molar-refractivity contribution is -0.136. The third-order valence-electron chi connectivity index (χ3n) is 10.3. The number of ether oxygens (including phenoxy) is 1. The second-order valence-electron chi connectivity index (χ2n) is 13.0. The van der Waals surface area contributed by atoms with Crippen molar-refractivity contribution >= 4 is 11.7 Å². The van der Waals surface area contributed by atoms with E-state index in [4.69, 9.17) is 4.74 Å². The van der Waals surface area contributed by atoms with Crippen LogP contribution in [0.25, 0.3) is 11.1 Å². The molecule has 9 nitrogen and oxygen atoms in total. The minimum absolute atomic E-state index is 0.0135. The summed E-state index contributed by atoms with van der Waals surface area (Å²) in [5.74, 6) is 3.03. The Labute approximate surface area is 244 Å². The number of likely N-dealkylation sites (tertiary alicyclic amines) is 1. The van der Waals surface area contributed by atoms with Gasteiger partial charge in [0.05, 0.1) is 11.7 Å². The van der Waals surface area contributed by atoms with Gasteiger partial charge in [-0.1, -0.05) is 12.5 Å². The van der Waals surface area contributed by atoms with Crippen LogP contribution in [-0.4, -0.2) is 69.7 Å². The van der Waals surface area contributed by atoms with E-state index in [1.54, 1.807) is 12.3 Å². The van der Waals surface area contributed by atoms with E-state index in [-0.39, 0.29) is 17.3 Å². The summed E-state index contributed by atoms with van der Waals surface area (Å²) in [5, 5.41) is 11.8. The number of pyridine rings is 1. The van der Waals surface area contributed by atoms with Crippen LogP contribution in [0, 0.1) is 23.1 Å². The standard InChI is InChI=1S/C32H36FN7O2/c33-22-8-9-26(25(15-22)24-5-2-12-34-27(24)20-6-7-20)42-30-29(36-19-37-38-30)40-17-32(18-40)10-13-39(14-11-32)31(41)28-23-4-1-3-21(23)16-35-28/h2,5,8-9,12,15,19-21,23,28,35H,1,3-4,6-7,10-11,13-14,16-18H2/t21-,23-,28-/m0/s1. The smallest absolute Gasteiger partial charge is 0.282 e. The molecule has 3 aliphatic heterocycles. The van der Waals surface area contributed by atoms with E-state index in [9.17, 15) is 9.18 Å². The number of amides is 1. The van der Waals surface area contributed by atoms with Gasteiger partial charge in [0, 0.05) is 54.8 Å². The summed E-state index contributed by atoms with van der Waals surface area (Å²) in [6.45, 7) is 4.28. The predicted octanol–water partition coefficient (Wildman–Crippen LogP) is 4.56. The normalized spacial score (nSPS) is 26.3. The largest absolute Gasteiger partial charge is 0.434 e. The van der Waals surface area contributed by atoms with Crippen LogP contribution in [0.1, 0.15) is 56.6 Å². The second kappa shape index (κ2) is 10.3. The maximum atomic E-state index is 14.5. The van der Waals surface area contributed by atoms with Gasteiger partial charge in [0.15, 0.2) is 5.82 Å². The number of halogens is 1. The minimum Gasteiger partial charge on any atom is -0.434 e. The zero-order valence-corrected chi connectivity index (χ0v) is 23.7. The molecule has 42 heavy (non-hydrogen) atoms. The number of piperidine rings is 1. The molecule has 3 atom stereocenters. The second-order valence-corrected chi connectivity index (χ2v) is 13.0. The van der Waals surface area contributed by atoms with Gasteiger partial charge < -0.3 is 19.9 Å². The molecule has 2 saturated carbocycles. The van der Waals surface area contributed by atoms with Crippen LogP contribution in [-0.2, 0) is 4.79 Å². The van der Waals surface area contributed by atoms with Gasteiger partial charge in [0.25, 0.3) is 5.88 Å². The summed E-state index contributed by atoms with van der Waals surface area (Å²) in [6, 6.07) is 8.41. The van der Waals surface area contributed by atoms with E-state index in [1.807, 2.05) is 12.1 Å². The Hall–Kier alpha value is -3.66. The van der Waals surface area contributed by atoms with Crippen LogP contribution in [0.2, 0.25) is 0 Å². The number of hydrogen-bond donors (Lipinski definition) is 1. The summed E-state index contributed by atoms with van der Waals surface area (Å²) in [4.78, 5) is 26.8. The molecule has 5 aliphatic rings. The van der Waals surface area contributed by atoms with E-state index in [1.165, 1.54) is 37.7 Å². The molecule has 0 radical (unpaired) electrons.